The predicted molar refractivity (Wildman–Crippen MR) is 107 cm³/mol. The molecular formula is C22H28FN3O. The van der Waals surface area contributed by atoms with Crippen LogP contribution in [0.5, 0.6) is 0 Å². The molecule has 2 aromatic carbocycles. The van der Waals surface area contributed by atoms with Crippen molar-refractivity contribution in [3.8, 4) is 0 Å². The molecule has 144 valence electrons. The number of amides is 1. The van der Waals surface area contributed by atoms with Crippen LogP contribution in [0, 0.1) is 5.82 Å². The molecule has 0 aliphatic carbocycles. The minimum atomic E-state index is -0.202. The van der Waals surface area contributed by atoms with E-state index in [1.54, 1.807) is 0 Å². The third-order valence-corrected chi connectivity index (χ3v) is 5.03. The Morgan fingerprint density at radius 2 is 1.67 bits per heavy atom. The second-order valence-corrected chi connectivity index (χ2v) is 6.99. The van der Waals surface area contributed by atoms with Crippen molar-refractivity contribution in [3.05, 3.63) is 66.0 Å². The van der Waals surface area contributed by atoms with Crippen LogP contribution in [-0.4, -0.2) is 50.1 Å². The van der Waals surface area contributed by atoms with E-state index in [4.69, 9.17) is 0 Å². The summed E-state index contributed by atoms with van der Waals surface area (Å²) in [5.74, 6) is -0.0730. The quantitative estimate of drug-likeness (QED) is 0.727. The van der Waals surface area contributed by atoms with Crippen LogP contribution in [0.15, 0.2) is 54.6 Å². The van der Waals surface area contributed by atoms with Crippen molar-refractivity contribution in [2.75, 3.05) is 44.2 Å². The monoisotopic (exact) mass is 369 g/mol. The molecule has 1 aliphatic rings. The van der Waals surface area contributed by atoms with Gasteiger partial charge in [0, 0.05) is 51.4 Å². The van der Waals surface area contributed by atoms with E-state index in [9.17, 15) is 9.18 Å². The molecule has 0 unspecified atom stereocenters. The number of rotatable bonds is 8. The maximum absolute atomic E-state index is 13.0. The lowest BCUT2D eigenvalue weighted by molar-refractivity contribution is -0.121. The summed E-state index contributed by atoms with van der Waals surface area (Å²) in [6.07, 6.45) is 2.50. The highest BCUT2D eigenvalue weighted by atomic mass is 19.1. The Balaban J connectivity index is 1.28. The lowest BCUT2D eigenvalue weighted by atomic mass is 10.1. The van der Waals surface area contributed by atoms with Gasteiger partial charge in [0.25, 0.3) is 0 Å². The van der Waals surface area contributed by atoms with E-state index in [1.807, 2.05) is 30.3 Å². The van der Waals surface area contributed by atoms with Gasteiger partial charge in [0.05, 0.1) is 0 Å². The summed E-state index contributed by atoms with van der Waals surface area (Å²) in [6.45, 7) is 5.19. The zero-order valence-corrected chi connectivity index (χ0v) is 15.7. The number of nitrogens with zero attached hydrogens (tertiary/aromatic N) is 2. The first-order chi connectivity index (χ1) is 13.2. The lowest BCUT2D eigenvalue weighted by Gasteiger charge is -2.36. The molecule has 1 amide bonds. The van der Waals surface area contributed by atoms with Crippen molar-refractivity contribution >= 4 is 11.6 Å². The zero-order chi connectivity index (χ0) is 18.9. The minimum absolute atomic E-state index is 0.129. The topological polar surface area (TPSA) is 35.6 Å². The molecule has 2 aromatic rings. The van der Waals surface area contributed by atoms with E-state index < -0.39 is 0 Å². The first kappa shape index (κ1) is 19.4. The molecule has 0 bridgehead atoms. The summed E-state index contributed by atoms with van der Waals surface area (Å²) in [7, 11) is 0. The van der Waals surface area contributed by atoms with Crippen LogP contribution in [0.3, 0.4) is 0 Å². The van der Waals surface area contributed by atoms with Gasteiger partial charge >= 0.3 is 0 Å². The molecule has 0 aromatic heterocycles. The Bertz CT molecular complexity index is 697. The summed E-state index contributed by atoms with van der Waals surface area (Å²) < 4.78 is 13.0. The van der Waals surface area contributed by atoms with Gasteiger partial charge in [-0.1, -0.05) is 30.3 Å². The van der Waals surface area contributed by atoms with E-state index in [0.717, 1.165) is 57.8 Å². The molecule has 0 atom stereocenters. The normalized spacial score (nSPS) is 14.9. The Labute approximate surface area is 161 Å². The second kappa shape index (κ2) is 10.1. The molecule has 1 saturated heterocycles. The van der Waals surface area contributed by atoms with E-state index in [1.165, 1.54) is 17.7 Å². The summed E-state index contributed by atoms with van der Waals surface area (Å²) in [6, 6.07) is 17.0. The third kappa shape index (κ3) is 6.36. The standard InChI is InChI=1S/C22H28FN3O/c23-20-8-10-21(11-9-20)26-17-15-25(16-18-26)14-12-22(27)24-13-4-7-19-5-2-1-3-6-19/h1-3,5-6,8-11H,4,7,12-18H2,(H,24,27). The molecule has 1 fully saturated rings. The Kier molecular flexibility index (Phi) is 7.22. The number of anilines is 1. The number of piperazine rings is 1. The van der Waals surface area contributed by atoms with Gasteiger partial charge in [-0.2, -0.15) is 0 Å². The number of aryl methyl sites for hydroxylation is 1. The van der Waals surface area contributed by atoms with Crippen molar-refractivity contribution in [2.45, 2.75) is 19.3 Å². The van der Waals surface area contributed by atoms with Gasteiger partial charge in [-0.15, -0.1) is 0 Å². The lowest BCUT2D eigenvalue weighted by Crippen LogP contribution is -2.47. The van der Waals surface area contributed by atoms with Gasteiger partial charge in [-0.25, -0.2) is 4.39 Å². The van der Waals surface area contributed by atoms with Crippen LogP contribution in [0.1, 0.15) is 18.4 Å². The summed E-state index contributed by atoms with van der Waals surface area (Å²) in [5, 5.41) is 3.02. The molecule has 0 saturated carbocycles. The number of halogens is 1. The number of hydrogen-bond acceptors (Lipinski definition) is 3. The van der Waals surface area contributed by atoms with Crippen molar-refractivity contribution < 1.29 is 9.18 Å². The Hall–Kier alpha value is -2.40. The first-order valence-electron chi connectivity index (χ1n) is 9.74. The smallest absolute Gasteiger partial charge is 0.221 e. The van der Waals surface area contributed by atoms with Crippen molar-refractivity contribution in [1.82, 2.24) is 10.2 Å². The maximum Gasteiger partial charge on any atom is 0.221 e. The van der Waals surface area contributed by atoms with Crippen LogP contribution in [0.25, 0.3) is 0 Å². The molecule has 1 heterocycles. The highest BCUT2D eigenvalue weighted by Crippen LogP contribution is 2.16. The summed E-state index contributed by atoms with van der Waals surface area (Å²) in [4.78, 5) is 16.6. The largest absolute Gasteiger partial charge is 0.369 e. The van der Waals surface area contributed by atoms with Gasteiger partial charge in [0.1, 0.15) is 5.82 Å². The highest BCUT2D eigenvalue weighted by molar-refractivity contribution is 5.76. The second-order valence-electron chi connectivity index (χ2n) is 6.99. The van der Waals surface area contributed by atoms with Gasteiger partial charge in [-0.05, 0) is 42.7 Å². The average molecular weight is 369 g/mol. The Morgan fingerprint density at radius 1 is 0.963 bits per heavy atom. The van der Waals surface area contributed by atoms with Gasteiger partial charge in [0.15, 0.2) is 0 Å². The van der Waals surface area contributed by atoms with Crippen LogP contribution >= 0.6 is 0 Å². The van der Waals surface area contributed by atoms with Crippen LogP contribution < -0.4 is 10.2 Å². The molecule has 5 heteroatoms. The van der Waals surface area contributed by atoms with Gasteiger partial charge in [0.2, 0.25) is 5.91 Å². The third-order valence-electron chi connectivity index (χ3n) is 5.03. The SMILES string of the molecule is O=C(CCN1CCN(c2ccc(F)cc2)CC1)NCCCc1ccccc1. The maximum atomic E-state index is 13.0. The molecule has 1 N–H and O–H groups in total. The molecular weight excluding hydrogens is 341 g/mol. The fraction of sp³-hybridized carbons (Fsp3) is 0.409. The molecule has 27 heavy (non-hydrogen) atoms. The molecule has 3 rings (SSSR count). The fourth-order valence-electron chi connectivity index (χ4n) is 3.39. The zero-order valence-electron chi connectivity index (χ0n) is 15.7. The van der Waals surface area contributed by atoms with Crippen molar-refractivity contribution in [3.63, 3.8) is 0 Å². The van der Waals surface area contributed by atoms with E-state index in [-0.39, 0.29) is 11.7 Å². The number of benzene rings is 2. The first-order valence-corrected chi connectivity index (χ1v) is 9.74. The van der Waals surface area contributed by atoms with Crippen molar-refractivity contribution in [1.29, 1.82) is 0 Å². The van der Waals surface area contributed by atoms with Gasteiger partial charge in [-0.3, -0.25) is 9.69 Å². The predicted octanol–water partition coefficient (Wildman–Crippen LogP) is 3.09. The van der Waals surface area contributed by atoms with Gasteiger partial charge < -0.3 is 10.2 Å². The van der Waals surface area contributed by atoms with E-state index >= 15 is 0 Å². The average Bonchev–Trinajstić information content (AvgIpc) is 2.71. The van der Waals surface area contributed by atoms with Crippen LogP contribution in [0.2, 0.25) is 0 Å². The Morgan fingerprint density at radius 3 is 2.37 bits per heavy atom. The summed E-state index contributed by atoms with van der Waals surface area (Å²) in [5.41, 5.74) is 2.37. The van der Waals surface area contributed by atoms with E-state index in [0.29, 0.717) is 6.42 Å². The van der Waals surface area contributed by atoms with Crippen LogP contribution in [-0.2, 0) is 11.2 Å². The van der Waals surface area contributed by atoms with Crippen LogP contribution in [0.4, 0.5) is 10.1 Å². The fourth-order valence-corrected chi connectivity index (χ4v) is 3.39. The molecule has 4 nitrogen and oxygen atoms in total. The number of carbonyl (C=O) groups excluding carboxylic acids is 1. The molecule has 0 radical (unpaired) electrons. The number of hydrogen-bond donors (Lipinski definition) is 1. The number of nitrogens with one attached hydrogen (secondary N) is 1. The summed E-state index contributed by atoms with van der Waals surface area (Å²) >= 11 is 0. The highest BCUT2D eigenvalue weighted by Gasteiger charge is 2.17. The van der Waals surface area contributed by atoms with E-state index in [2.05, 4.69) is 27.2 Å². The minimum Gasteiger partial charge on any atom is -0.369 e. The molecule has 0 spiro atoms. The number of carbonyl (C=O) groups is 1. The van der Waals surface area contributed by atoms with Crippen molar-refractivity contribution in [2.24, 2.45) is 0 Å². The molecule has 1 aliphatic heterocycles.